The smallest absolute Gasteiger partial charge is 0.227 e. The number of carbonyl (C=O) groups excluding carboxylic acids is 1. The molecule has 2 aromatic rings. The van der Waals surface area contributed by atoms with E-state index in [0.29, 0.717) is 18.0 Å². The fraction of sp³-hybridized carbons (Fsp3) is 0.500. The second-order valence-electron chi connectivity index (χ2n) is 8.97. The number of methoxy groups -OCH3 is 1. The van der Waals surface area contributed by atoms with Crippen molar-refractivity contribution >= 4 is 17.3 Å². The molecule has 1 fully saturated rings. The lowest BCUT2D eigenvalue weighted by molar-refractivity contribution is -0.119. The van der Waals surface area contributed by atoms with Crippen LogP contribution in [0.1, 0.15) is 30.0 Å². The van der Waals surface area contributed by atoms with E-state index in [9.17, 15) is 9.18 Å². The SMILES string of the molecule is COCCN(C)C1CCN(c2cccc(NC(=O)C(C)Cc3c(F)ccc(C)c3C)c2)C1. The predicted octanol–water partition coefficient (Wildman–Crippen LogP) is 4.42. The van der Waals surface area contributed by atoms with Crippen LogP contribution in [0, 0.1) is 25.6 Å². The van der Waals surface area contributed by atoms with E-state index < -0.39 is 0 Å². The lowest BCUT2D eigenvalue weighted by Gasteiger charge is -2.25. The summed E-state index contributed by atoms with van der Waals surface area (Å²) in [5.41, 5.74) is 4.47. The Morgan fingerprint density at radius 2 is 2.09 bits per heavy atom. The average molecular weight is 442 g/mol. The second kappa shape index (κ2) is 10.9. The molecule has 174 valence electrons. The lowest BCUT2D eigenvalue weighted by atomic mass is 9.94. The number of amides is 1. The van der Waals surface area contributed by atoms with E-state index in [1.807, 2.05) is 39.0 Å². The minimum Gasteiger partial charge on any atom is -0.383 e. The summed E-state index contributed by atoms with van der Waals surface area (Å²) in [6.45, 7) is 9.33. The van der Waals surface area contributed by atoms with Gasteiger partial charge in [-0.1, -0.05) is 19.1 Å². The summed E-state index contributed by atoms with van der Waals surface area (Å²) in [6.07, 6.45) is 1.49. The van der Waals surface area contributed by atoms with Gasteiger partial charge in [0.1, 0.15) is 5.82 Å². The first-order valence-corrected chi connectivity index (χ1v) is 11.4. The zero-order chi connectivity index (χ0) is 23.3. The van der Waals surface area contributed by atoms with Crippen LogP contribution < -0.4 is 10.2 Å². The molecule has 2 atom stereocenters. The van der Waals surface area contributed by atoms with Gasteiger partial charge in [-0.3, -0.25) is 9.69 Å². The molecule has 1 aliphatic rings. The van der Waals surface area contributed by atoms with Crippen molar-refractivity contribution in [2.75, 3.05) is 50.6 Å². The van der Waals surface area contributed by atoms with E-state index >= 15 is 0 Å². The van der Waals surface area contributed by atoms with Crippen molar-refractivity contribution in [3.05, 3.63) is 58.9 Å². The molecule has 2 unspecified atom stereocenters. The van der Waals surface area contributed by atoms with Gasteiger partial charge in [-0.05, 0) is 74.7 Å². The number of hydrogen-bond donors (Lipinski definition) is 1. The van der Waals surface area contributed by atoms with Gasteiger partial charge in [0, 0.05) is 50.1 Å². The molecular weight excluding hydrogens is 405 g/mol. The predicted molar refractivity (Wildman–Crippen MR) is 129 cm³/mol. The number of anilines is 2. The summed E-state index contributed by atoms with van der Waals surface area (Å²) >= 11 is 0. The van der Waals surface area contributed by atoms with Crippen molar-refractivity contribution in [3.8, 4) is 0 Å². The number of nitrogens with zero attached hydrogens (tertiary/aromatic N) is 2. The molecule has 1 amide bonds. The first-order chi connectivity index (χ1) is 15.3. The molecule has 2 aromatic carbocycles. The maximum absolute atomic E-state index is 14.3. The van der Waals surface area contributed by atoms with Crippen LogP contribution in [0.5, 0.6) is 0 Å². The molecule has 1 saturated heterocycles. The molecular formula is C26H36FN3O2. The number of rotatable bonds is 9. The highest BCUT2D eigenvalue weighted by atomic mass is 19.1. The van der Waals surface area contributed by atoms with Gasteiger partial charge in [0.2, 0.25) is 5.91 Å². The minimum atomic E-state index is -0.334. The molecule has 0 aliphatic carbocycles. The molecule has 1 heterocycles. The van der Waals surface area contributed by atoms with Gasteiger partial charge in [0.25, 0.3) is 0 Å². The van der Waals surface area contributed by atoms with Crippen LogP contribution in [0.2, 0.25) is 0 Å². The van der Waals surface area contributed by atoms with Gasteiger partial charge in [-0.2, -0.15) is 0 Å². The van der Waals surface area contributed by atoms with Gasteiger partial charge < -0.3 is 15.0 Å². The van der Waals surface area contributed by atoms with Crippen LogP contribution in [-0.4, -0.2) is 57.2 Å². The topological polar surface area (TPSA) is 44.8 Å². The van der Waals surface area contributed by atoms with Crippen LogP contribution in [0.3, 0.4) is 0 Å². The Hall–Kier alpha value is -2.44. The number of ether oxygens (including phenoxy) is 1. The van der Waals surface area contributed by atoms with Gasteiger partial charge >= 0.3 is 0 Å². The molecule has 32 heavy (non-hydrogen) atoms. The van der Waals surface area contributed by atoms with Crippen molar-refractivity contribution < 1.29 is 13.9 Å². The third kappa shape index (κ3) is 5.87. The molecule has 5 nitrogen and oxygen atoms in total. The number of carbonyl (C=O) groups is 1. The Bertz CT molecular complexity index is 933. The first kappa shape index (κ1) is 24.2. The molecule has 0 bridgehead atoms. The van der Waals surface area contributed by atoms with Crippen LogP contribution in [0.25, 0.3) is 0 Å². The van der Waals surface area contributed by atoms with E-state index in [1.54, 1.807) is 13.2 Å². The Kier molecular flexibility index (Phi) is 8.26. The highest BCUT2D eigenvalue weighted by Crippen LogP contribution is 2.26. The Morgan fingerprint density at radius 1 is 1.31 bits per heavy atom. The zero-order valence-electron chi connectivity index (χ0n) is 20.0. The first-order valence-electron chi connectivity index (χ1n) is 11.4. The Labute approximate surface area is 191 Å². The molecule has 0 radical (unpaired) electrons. The average Bonchev–Trinajstić information content (AvgIpc) is 3.28. The fourth-order valence-electron chi connectivity index (χ4n) is 4.29. The largest absolute Gasteiger partial charge is 0.383 e. The molecule has 3 rings (SSSR count). The number of likely N-dealkylation sites (N-methyl/N-ethyl adjacent to an activating group) is 1. The van der Waals surface area contributed by atoms with E-state index in [1.165, 1.54) is 6.07 Å². The molecule has 1 aliphatic heterocycles. The fourth-order valence-corrected chi connectivity index (χ4v) is 4.29. The van der Waals surface area contributed by atoms with Gasteiger partial charge in [-0.25, -0.2) is 4.39 Å². The van der Waals surface area contributed by atoms with Crippen molar-refractivity contribution in [2.45, 2.75) is 39.7 Å². The van der Waals surface area contributed by atoms with Crippen LogP contribution in [0.15, 0.2) is 36.4 Å². The number of halogens is 1. The standard InChI is InChI=1S/C26H36FN3O2/c1-18-9-10-25(27)24(20(18)3)15-19(2)26(31)28-21-7-6-8-22(16-21)30-12-11-23(17-30)29(4)13-14-32-5/h6-10,16,19,23H,11-15,17H2,1-5H3,(H,28,31). The van der Waals surface area contributed by atoms with Crippen molar-refractivity contribution in [1.29, 1.82) is 0 Å². The summed E-state index contributed by atoms with van der Waals surface area (Å²) in [4.78, 5) is 17.5. The van der Waals surface area contributed by atoms with Crippen molar-refractivity contribution in [3.63, 3.8) is 0 Å². The highest BCUT2D eigenvalue weighted by molar-refractivity contribution is 5.93. The highest BCUT2D eigenvalue weighted by Gasteiger charge is 2.26. The molecule has 6 heteroatoms. The van der Waals surface area contributed by atoms with Gasteiger partial charge in [0.05, 0.1) is 6.61 Å². The summed E-state index contributed by atoms with van der Waals surface area (Å²) in [7, 11) is 3.87. The number of nitrogens with one attached hydrogen (secondary N) is 1. The minimum absolute atomic E-state index is 0.0962. The third-order valence-electron chi connectivity index (χ3n) is 6.68. The van der Waals surface area contributed by atoms with E-state index in [4.69, 9.17) is 4.74 Å². The molecule has 1 N–H and O–H groups in total. The summed E-state index contributed by atoms with van der Waals surface area (Å²) in [6, 6.07) is 11.8. The quantitative estimate of drug-likeness (QED) is 0.626. The van der Waals surface area contributed by atoms with E-state index in [0.717, 1.165) is 55.2 Å². The molecule has 0 spiro atoms. The van der Waals surface area contributed by atoms with Gasteiger partial charge in [0.15, 0.2) is 0 Å². The van der Waals surface area contributed by atoms with Crippen molar-refractivity contribution in [2.24, 2.45) is 5.92 Å². The van der Waals surface area contributed by atoms with Crippen LogP contribution >= 0.6 is 0 Å². The Morgan fingerprint density at radius 3 is 2.84 bits per heavy atom. The van der Waals surface area contributed by atoms with Gasteiger partial charge in [-0.15, -0.1) is 0 Å². The normalized spacial score (nSPS) is 17.1. The van der Waals surface area contributed by atoms with E-state index in [2.05, 4.69) is 28.2 Å². The second-order valence-corrected chi connectivity index (χ2v) is 8.97. The van der Waals surface area contributed by atoms with Crippen molar-refractivity contribution in [1.82, 2.24) is 4.90 Å². The zero-order valence-corrected chi connectivity index (χ0v) is 20.0. The molecule has 0 aromatic heterocycles. The lowest BCUT2D eigenvalue weighted by Crippen LogP contribution is -2.36. The van der Waals surface area contributed by atoms with Crippen LogP contribution in [0.4, 0.5) is 15.8 Å². The number of hydrogen-bond acceptors (Lipinski definition) is 4. The summed E-state index contributed by atoms with van der Waals surface area (Å²) in [5.74, 6) is -0.672. The number of aryl methyl sites for hydroxylation is 1. The maximum atomic E-state index is 14.3. The summed E-state index contributed by atoms with van der Waals surface area (Å²) in [5, 5.41) is 3.03. The third-order valence-corrected chi connectivity index (χ3v) is 6.68. The summed E-state index contributed by atoms with van der Waals surface area (Å²) < 4.78 is 19.5. The molecule has 0 saturated carbocycles. The number of benzene rings is 2. The monoisotopic (exact) mass is 441 g/mol. The Balaban J connectivity index is 1.61. The van der Waals surface area contributed by atoms with E-state index in [-0.39, 0.29) is 17.6 Å². The van der Waals surface area contributed by atoms with Crippen LogP contribution in [-0.2, 0) is 16.0 Å². The maximum Gasteiger partial charge on any atom is 0.227 e.